The van der Waals surface area contributed by atoms with Crippen molar-refractivity contribution in [2.45, 2.75) is 57.2 Å². The third-order valence-corrected chi connectivity index (χ3v) is 5.65. The maximum absolute atomic E-state index is 12.6. The second-order valence-corrected chi connectivity index (χ2v) is 7.42. The van der Waals surface area contributed by atoms with Crippen LogP contribution in [-0.4, -0.2) is 64.4 Å². The van der Waals surface area contributed by atoms with Crippen LogP contribution < -0.4 is 0 Å². The Balaban J connectivity index is 1.38. The fourth-order valence-corrected chi connectivity index (χ4v) is 4.31. The van der Waals surface area contributed by atoms with Crippen LogP contribution in [0.5, 0.6) is 0 Å². The SMILES string of the molecule is O=C(COC1CCCC1)N1Cc2ccnn2[C@H](CN2CCCC2)C1. The number of fused-ring (bicyclic) bond motifs is 1. The maximum atomic E-state index is 12.6. The van der Waals surface area contributed by atoms with Gasteiger partial charge in [0, 0.05) is 19.3 Å². The van der Waals surface area contributed by atoms with Crippen LogP contribution in [-0.2, 0) is 16.1 Å². The van der Waals surface area contributed by atoms with Crippen molar-refractivity contribution in [2.24, 2.45) is 0 Å². The average Bonchev–Trinajstić information content (AvgIpc) is 3.33. The molecule has 24 heavy (non-hydrogen) atoms. The van der Waals surface area contributed by atoms with Crippen LogP contribution in [0, 0.1) is 0 Å². The fraction of sp³-hybridized carbons (Fsp3) is 0.778. The Morgan fingerprint density at radius 3 is 2.79 bits per heavy atom. The van der Waals surface area contributed by atoms with Crippen molar-refractivity contribution in [3.05, 3.63) is 18.0 Å². The van der Waals surface area contributed by atoms with Crippen molar-refractivity contribution in [1.29, 1.82) is 0 Å². The minimum Gasteiger partial charge on any atom is -0.368 e. The fourth-order valence-electron chi connectivity index (χ4n) is 4.31. The second kappa shape index (κ2) is 7.23. The zero-order chi connectivity index (χ0) is 16.4. The van der Waals surface area contributed by atoms with E-state index in [-0.39, 0.29) is 18.6 Å². The Labute approximate surface area is 143 Å². The van der Waals surface area contributed by atoms with E-state index < -0.39 is 0 Å². The first-order chi connectivity index (χ1) is 11.8. The normalized spacial score (nSPS) is 25.3. The van der Waals surface area contributed by atoms with Gasteiger partial charge in [-0.3, -0.25) is 9.48 Å². The summed E-state index contributed by atoms with van der Waals surface area (Å²) in [4.78, 5) is 17.1. The Kier molecular flexibility index (Phi) is 4.85. The topological polar surface area (TPSA) is 50.6 Å². The molecule has 1 amide bonds. The van der Waals surface area contributed by atoms with E-state index in [0.717, 1.165) is 31.6 Å². The average molecular weight is 332 g/mol. The van der Waals surface area contributed by atoms with E-state index in [0.29, 0.717) is 12.6 Å². The van der Waals surface area contributed by atoms with Crippen molar-refractivity contribution in [3.8, 4) is 0 Å². The van der Waals surface area contributed by atoms with Crippen LogP contribution in [0.2, 0.25) is 0 Å². The van der Waals surface area contributed by atoms with Crippen LogP contribution in [0.15, 0.2) is 12.3 Å². The zero-order valence-corrected chi connectivity index (χ0v) is 14.4. The maximum Gasteiger partial charge on any atom is 0.249 e. The number of hydrogen-bond acceptors (Lipinski definition) is 4. The monoisotopic (exact) mass is 332 g/mol. The first-order valence-electron chi connectivity index (χ1n) is 9.44. The second-order valence-electron chi connectivity index (χ2n) is 7.42. The third kappa shape index (κ3) is 3.49. The van der Waals surface area contributed by atoms with E-state index in [1.807, 2.05) is 17.2 Å². The molecule has 2 fully saturated rings. The molecule has 0 unspecified atom stereocenters. The lowest BCUT2D eigenvalue weighted by atomic mass is 10.1. The van der Waals surface area contributed by atoms with Gasteiger partial charge < -0.3 is 14.5 Å². The van der Waals surface area contributed by atoms with E-state index in [1.165, 1.54) is 38.8 Å². The molecule has 0 spiro atoms. The first kappa shape index (κ1) is 16.1. The van der Waals surface area contributed by atoms with Crippen LogP contribution in [0.25, 0.3) is 0 Å². The molecule has 132 valence electrons. The molecule has 0 N–H and O–H groups in total. The van der Waals surface area contributed by atoms with Gasteiger partial charge >= 0.3 is 0 Å². The molecular formula is C18H28N4O2. The van der Waals surface area contributed by atoms with Crippen molar-refractivity contribution in [3.63, 3.8) is 0 Å². The molecule has 1 aromatic heterocycles. The number of carbonyl (C=O) groups is 1. The van der Waals surface area contributed by atoms with Crippen LogP contribution >= 0.6 is 0 Å². The summed E-state index contributed by atoms with van der Waals surface area (Å²) in [5, 5.41) is 4.50. The Bertz CT molecular complexity index is 561. The number of hydrogen-bond donors (Lipinski definition) is 0. The minimum absolute atomic E-state index is 0.126. The van der Waals surface area contributed by atoms with Crippen molar-refractivity contribution < 1.29 is 9.53 Å². The van der Waals surface area contributed by atoms with Gasteiger partial charge in [0.15, 0.2) is 0 Å². The van der Waals surface area contributed by atoms with Crippen molar-refractivity contribution in [2.75, 3.05) is 32.8 Å². The molecule has 0 radical (unpaired) electrons. The summed E-state index contributed by atoms with van der Waals surface area (Å²) in [6.45, 7) is 4.97. The lowest BCUT2D eigenvalue weighted by Gasteiger charge is -2.35. The predicted octanol–water partition coefficient (Wildman–Crippen LogP) is 1.82. The van der Waals surface area contributed by atoms with Gasteiger partial charge in [0.05, 0.1) is 24.4 Å². The van der Waals surface area contributed by atoms with E-state index in [9.17, 15) is 4.79 Å². The summed E-state index contributed by atoms with van der Waals surface area (Å²) >= 11 is 0. The molecule has 1 saturated heterocycles. The number of ether oxygens (including phenoxy) is 1. The lowest BCUT2D eigenvalue weighted by molar-refractivity contribution is -0.140. The number of carbonyl (C=O) groups excluding carboxylic acids is 1. The standard InChI is InChI=1S/C18H28N4O2/c23-18(14-24-17-5-1-2-6-17)21-12-15-7-8-19-22(15)16(13-21)11-20-9-3-4-10-20/h7-8,16-17H,1-6,9-14H2/t16-/m1/s1. The van der Waals surface area contributed by atoms with Gasteiger partial charge in [-0.1, -0.05) is 12.8 Å². The van der Waals surface area contributed by atoms with Gasteiger partial charge in [0.2, 0.25) is 5.91 Å². The molecule has 1 aromatic rings. The van der Waals surface area contributed by atoms with Crippen LogP contribution in [0.4, 0.5) is 0 Å². The molecule has 1 saturated carbocycles. The molecule has 3 aliphatic rings. The summed E-state index contributed by atoms with van der Waals surface area (Å²) < 4.78 is 7.96. The molecular weight excluding hydrogens is 304 g/mol. The Morgan fingerprint density at radius 2 is 2.00 bits per heavy atom. The molecule has 1 aliphatic carbocycles. The Hall–Kier alpha value is -1.40. The van der Waals surface area contributed by atoms with E-state index in [2.05, 4.69) is 14.7 Å². The summed E-state index contributed by atoms with van der Waals surface area (Å²) in [5.41, 5.74) is 1.14. The number of amides is 1. The molecule has 6 nitrogen and oxygen atoms in total. The zero-order valence-electron chi connectivity index (χ0n) is 14.4. The highest BCUT2D eigenvalue weighted by molar-refractivity contribution is 5.77. The highest BCUT2D eigenvalue weighted by Crippen LogP contribution is 2.24. The van der Waals surface area contributed by atoms with Gasteiger partial charge in [-0.05, 0) is 44.8 Å². The minimum atomic E-state index is 0.126. The van der Waals surface area contributed by atoms with Crippen LogP contribution in [0.3, 0.4) is 0 Å². The number of rotatable bonds is 5. The summed E-state index contributed by atoms with van der Waals surface area (Å²) in [6.07, 6.45) is 9.42. The van der Waals surface area contributed by atoms with Gasteiger partial charge in [0.1, 0.15) is 6.61 Å². The first-order valence-corrected chi connectivity index (χ1v) is 9.44. The van der Waals surface area contributed by atoms with Gasteiger partial charge in [-0.2, -0.15) is 5.10 Å². The van der Waals surface area contributed by atoms with E-state index >= 15 is 0 Å². The molecule has 4 rings (SSSR count). The Morgan fingerprint density at radius 1 is 1.21 bits per heavy atom. The van der Waals surface area contributed by atoms with Gasteiger partial charge in [-0.25, -0.2) is 0 Å². The highest BCUT2D eigenvalue weighted by Gasteiger charge is 2.30. The lowest BCUT2D eigenvalue weighted by Crippen LogP contribution is -2.46. The summed E-state index contributed by atoms with van der Waals surface area (Å²) in [7, 11) is 0. The largest absolute Gasteiger partial charge is 0.368 e. The van der Waals surface area contributed by atoms with Gasteiger partial charge in [-0.15, -0.1) is 0 Å². The van der Waals surface area contributed by atoms with Gasteiger partial charge in [0.25, 0.3) is 0 Å². The van der Waals surface area contributed by atoms with Crippen molar-refractivity contribution >= 4 is 5.91 Å². The highest BCUT2D eigenvalue weighted by atomic mass is 16.5. The summed E-state index contributed by atoms with van der Waals surface area (Å²) in [5.74, 6) is 0.126. The number of nitrogens with zero attached hydrogens (tertiary/aromatic N) is 4. The predicted molar refractivity (Wildman–Crippen MR) is 90.6 cm³/mol. The molecule has 0 bridgehead atoms. The quantitative estimate of drug-likeness (QED) is 0.825. The molecule has 1 atom stereocenters. The third-order valence-electron chi connectivity index (χ3n) is 5.65. The van der Waals surface area contributed by atoms with Crippen LogP contribution in [0.1, 0.15) is 50.3 Å². The molecule has 0 aromatic carbocycles. The molecule has 2 aliphatic heterocycles. The summed E-state index contributed by atoms with van der Waals surface area (Å²) in [6, 6.07) is 2.30. The van der Waals surface area contributed by atoms with E-state index in [1.54, 1.807) is 0 Å². The van der Waals surface area contributed by atoms with E-state index in [4.69, 9.17) is 4.74 Å². The molecule has 3 heterocycles. The molecule has 6 heteroatoms. The van der Waals surface area contributed by atoms with Crippen molar-refractivity contribution in [1.82, 2.24) is 19.6 Å². The smallest absolute Gasteiger partial charge is 0.249 e. The number of aromatic nitrogens is 2. The number of likely N-dealkylation sites (tertiary alicyclic amines) is 1.